The summed E-state index contributed by atoms with van der Waals surface area (Å²) < 4.78 is 7.47. The van der Waals surface area contributed by atoms with E-state index in [0.717, 1.165) is 0 Å². The zero-order valence-corrected chi connectivity index (χ0v) is 6.01. The first kappa shape index (κ1) is 5.11. The van der Waals surface area contributed by atoms with Crippen LogP contribution < -0.4 is 0 Å². The second-order valence-corrected chi connectivity index (χ2v) is 2.39. The monoisotopic (exact) mass is 189 g/mol. The second kappa shape index (κ2) is 2.27. The number of phenolic OH excluding ortho intramolecular Hbond substituents is 2. The molecular formula is C6H5BrO2. The maximum atomic E-state index is 8.99. The first-order valence-electron chi connectivity index (χ1n) is 2.80. The third-order valence-electron chi connectivity index (χ3n) is 0.860. The Balaban J connectivity index is 3.34. The van der Waals surface area contributed by atoms with Crippen LogP contribution in [0.4, 0.5) is 0 Å². The van der Waals surface area contributed by atoms with E-state index in [9.17, 15) is 0 Å². The van der Waals surface area contributed by atoms with Gasteiger partial charge in [0.15, 0.2) is 0 Å². The van der Waals surface area contributed by atoms with Crippen molar-refractivity contribution >= 4 is 15.9 Å². The fraction of sp³-hybridized carbons (Fsp3) is 0. The maximum Gasteiger partial charge on any atom is 0.133 e. The van der Waals surface area contributed by atoms with Crippen molar-refractivity contribution in [1.29, 1.82) is 0 Å². The van der Waals surface area contributed by atoms with Crippen LogP contribution >= 0.6 is 15.9 Å². The van der Waals surface area contributed by atoms with Gasteiger partial charge in [0.1, 0.15) is 11.5 Å². The van der Waals surface area contributed by atoms with Crippen molar-refractivity contribution in [3.05, 3.63) is 22.6 Å². The lowest BCUT2D eigenvalue weighted by Crippen LogP contribution is -1.66. The predicted molar refractivity (Wildman–Crippen MR) is 37.5 cm³/mol. The van der Waals surface area contributed by atoms with Gasteiger partial charge >= 0.3 is 0 Å². The molecule has 0 bridgehead atoms. The van der Waals surface area contributed by atoms with Crippen LogP contribution in [0.2, 0.25) is 0 Å². The van der Waals surface area contributed by atoms with Gasteiger partial charge in [0.2, 0.25) is 0 Å². The Morgan fingerprint density at radius 3 is 2.67 bits per heavy atom. The average Bonchev–Trinajstić information content (AvgIpc) is 1.93. The Morgan fingerprint density at radius 1 is 1.44 bits per heavy atom. The molecule has 48 valence electrons. The molecule has 2 N–H and O–H groups in total. The molecule has 0 aromatic heterocycles. The summed E-state index contributed by atoms with van der Waals surface area (Å²) in [6, 6.07) is 2.56. The van der Waals surface area contributed by atoms with E-state index in [2.05, 4.69) is 15.9 Å². The van der Waals surface area contributed by atoms with Crippen LogP contribution in [0.3, 0.4) is 0 Å². The van der Waals surface area contributed by atoms with Gasteiger partial charge in [-0.2, -0.15) is 0 Å². The second-order valence-electron chi connectivity index (χ2n) is 1.54. The Bertz CT molecular complexity index is 235. The number of hydrogen-bond donors (Lipinski definition) is 2. The summed E-state index contributed by atoms with van der Waals surface area (Å²) in [5.74, 6) is -0.458. The molecule has 1 aromatic rings. The largest absolute Gasteiger partial charge is 0.508 e. The van der Waals surface area contributed by atoms with Crippen LogP contribution in [0.15, 0.2) is 22.6 Å². The normalized spacial score (nSPS) is 11.0. The minimum Gasteiger partial charge on any atom is -0.508 e. The van der Waals surface area contributed by atoms with Crippen molar-refractivity contribution in [2.75, 3.05) is 0 Å². The minimum absolute atomic E-state index is 0.222. The summed E-state index contributed by atoms with van der Waals surface area (Å²) >= 11 is 3.00. The summed E-state index contributed by atoms with van der Waals surface area (Å²) in [6.07, 6.45) is 0. The summed E-state index contributed by atoms with van der Waals surface area (Å²) in [5, 5.41) is 17.8. The van der Waals surface area contributed by atoms with E-state index in [4.69, 9.17) is 11.6 Å². The maximum absolute atomic E-state index is 8.99. The summed E-state index contributed by atoms with van der Waals surface area (Å²) in [5.41, 5.74) is 0. The van der Waals surface area contributed by atoms with Crippen LogP contribution in [0, 0.1) is 0 Å². The molecule has 0 spiro atoms. The molecule has 0 aliphatic rings. The Hall–Kier alpha value is -0.700. The Morgan fingerprint density at radius 2 is 2.11 bits per heavy atom. The van der Waals surface area contributed by atoms with Gasteiger partial charge in [-0.25, -0.2) is 0 Å². The molecule has 0 saturated carbocycles. The van der Waals surface area contributed by atoms with E-state index >= 15 is 0 Å². The van der Waals surface area contributed by atoms with Crippen LogP contribution in [-0.4, -0.2) is 10.2 Å². The third kappa shape index (κ3) is 1.36. The number of hydrogen-bond acceptors (Lipinski definition) is 2. The van der Waals surface area contributed by atoms with E-state index < -0.39 is 0 Å². The van der Waals surface area contributed by atoms with Crippen molar-refractivity contribution in [1.82, 2.24) is 0 Å². The van der Waals surface area contributed by atoms with Crippen LogP contribution in [-0.2, 0) is 0 Å². The Labute approximate surface area is 62.3 Å². The highest BCUT2D eigenvalue weighted by Gasteiger charge is 1.95. The highest BCUT2D eigenvalue weighted by molar-refractivity contribution is 9.10. The van der Waals surface area contributed by atoms with Crippen LogP contribution in [0.25, 0.3) is 0 Å². The van der Waals surface area contributed by atoms with Gasteiger partial charge in [-0.3, -0.25) is 0 Å². The number of benzene rings is 1. The lowest BCUT2D eigenvalue weighted by molar-refractivity contribution is 0.448. The smallest absolute Gasteiger partial charge is 0.133 e. The van der Waals surface area contributed by atoms with Gasteiger partial charge in [-0.05, 0) is 28.1 Å². The molecule has 1 aromatic carbocycles. The standard InChI is InChI=1S/C6H5BrO2/c7-5-2-1-4(8)3-6(5)9/h1-3,8-9H/i3D. The van der Waals surface area contributed by atoms with E-state index in [-0.39, 0.29) is 17.5 Å². The molecule has 0 atom stereocenters. The molecular weight excluding hydrogens is 184 g/mol. The summed E-state index contributed by atoms with van der Waals surface area (Å²) in [4.78, 5) is 0. The van der Waals surface area contributed by atoms with Crippen molar-refractivity contribution in [3.63, 3.8) is 0 Å². The molecule has 9 heavy (non-hydrogen) atoms. The van der Waals surface area contributed by atoms with E-state index in [0.29, 0.717) is 4.47 Å². The molecule has 0 radical (unpaired) electrons. The fourth-order valence-corrected chi connectivity index (χ4v) is 0.685. The highest BCUT2D eigenvalue weighted by atomic mass is 79.9. The van der Waals surface area contributed by atoms with Gasteiger partial charge in [0, 0.05) is 6.04 Å². The molecule has 0 fully saturated rings. The molecule has 0 amide bonds. The van der Waals surface area contributed by atoms with Gasteiger partial charge < -0.3 is 10.2 Å². The lowest BCUT2D eigenvalue weighted by atomic mass is 10.3. The van der Waals surface area contributed by atoms with Crippen molar-refractivity contribution in [3.8, 4) is 11.5 Å². The molecule has 0 aliphatic carbocycles. The number of phenols is 2. The topological polar surface area (TPSA) is 40.5 Å². The first-order valence-corrected chi connectivity index (χ1v) is 3.09. The molecule has 3 heteroatoms. The number of halogens is 1. The molecule has 0 heterocycles. The predicted octanol–water partition coefficient (Wildman–Crippen LogP) is 1.86. The first-order chi connectivity index (χ1) is 4.63. The molecule has 2 nitrogen and oxygen atoms in total. The van der Waals surface area contributed by atoms with Crippen LogP contribution in [0.1, 0.15) is 1.37 Å². The summed E-state index contributed by atoms with van der Waals surface area (Å²) in [7, 11) is 0. The molecule has 0 saturated heterocycles. The van der Waals surface area contributed by atoms with Gasteiger partial charge in [0.25, 0.3) is 0 Å². The summed E-state index contributed by atoms with van der Waals surface area (Å²) in [6.45, 7) is 0. The molecule has 0 unspecified atom stereocenters. The van der Waals surface area contributed by atoms with Crippen molar-refractivity contribution in [2.45, 2.75) is 0 Å². The quantitative estimate of drug-likeness (QED) is 0.655. The van der Waals surface area contributed by atoms with Crippen molar-refractivity contribution in [2.24, 2.45) is 0 Å². The molecule has 1 rings (SSSR count). The highest BCUT2D eigenvalue weighted by Crippen LogP contribution is 2.26. The SMILES string of the molecule is [2H]c1c(O)ccc(Br)c1O. The van der Waals surface area contributed by atoms with E-state index in [1.54, 1.807) is 0 Å². The fourth-order valence-electron chi connectivity index (χ4n) is 0.454. The lowest BCUT2D eigenvalue weighted by Gasteiger charge is -1.94. The van der Waals surface area contributed by atoms with Gasteiger partial charge in [-0.1, -0.05) is 0 Å². The number of rotatable bonds is 0. The zero-order chi connectivity index (χ0) is 7.72. The average molecular weight is 190 g/mol. The van der Waals surface area contributed by atoms with E-state index in [1.807, 2.05) is 0 Å². The molecule has 0 aliphatic heterocycles. The van der Waals surface area contributed by atoms with Gasteiger partial charge in [-0.15, -0.1) is 0 Å². The van der Waals surface area contributed by atoms with Crippen molar-refractivity contribution < 1.29 is 11.6 Å². The Kier molecular flexibility index (Phi) is 1.29. The van der Waals surface area contributed by atoms with Crippen LogP contribution in [0.5, 0.6) is 11.5 Å². The third-order valence-corrected chi connectivity index (χ3v) is 1.50. The zero-order valence-electron chi connectivity index (χ0n) is 5.43. The minimum atomic E-state index is -0.255. The number of aromatic hydroxyl groups is 2. The van der Waals surface area contributed by atoms with Gasteiger partial charge in [0.05, 0.1) is 5.84 Å². The van der Waals surface area contributed by atoms with E-state index in [1.165, 1.54) is 12.1 Å².